The van der Waals surface area contributed by atoms with Crippen LogP contribution in [0.3, 0.4) is 0 Å². The molecule has 0 aromatic heterocycles. The van der Waals surface area contributed by atoms with E-state index in [-0.39, 0.29) is 0 Å². The topological polar surface area (TPSA) is 78.3 Å². The van der Waals surface area contributed by atoms with E-state index in [9.17, 15) is 0 Å². The molecule has 6 nitrogen and oxygen atoms in total. The molecule has 11 heavy (non-hydrogen) atoms. The summed E-state index contributed by atoms with van der Waals surface area (Å²) in [6, 6.07) is 0. The first-order valence-corrected chi connectivity index (χ1v) is 3.88. The third-order valence-corrected chi connectivity index (χ3v) is 2.07. The van der Waals surface area contributed by atoms with Gasteiger partial charge in [0.15, 0.2) is 6.29 Å². The number of piperazine rings is 1. The molecule has 64 valence electrons. The van der Waals surface area contributed by atoms with Crippen LogP contribution in [0.15, 0.2) is 0 Å². The first kappa shape index (κ1) is 7.41. The van der Waals surface area contributed by atoms with E-state index in [4.69, 9.17) is 5.84 Å². The van der Waals surface area contributed by atoms with E-state index >= 15 is 0 Å². The van der Waals surface area contributed by atoms with Crippen molar-refractivity contribution in [1.29, 1.82) is 0 Å². The van der Waals surface area contributed by atoms with Gasteiger partial charge in [0.25, 0.3) is 0 Å². The number of nitrogens with one attached hydrogen (secondary N) is 3. The van der Waals surface area contributed by atoms with Gasteiger partial charge in [0, 0.05) is 26.2 Å². The quantitative estimate of drug-likeness (QED) is 0.200. The third-order valence-electron chi connectivity index (χ3n) is 2.07. The van der Waals surface area contributed by atoms with E-state index in [1.54, 1.807) is 5.12 Å². The van der Waals surface area contributed by atoms with Crippen molar-refractivity contribution in [2.75, 3.05) is 26.2 Å². The standard InChI is InChI=1S/C5H14N6/c6-9-11-5(8-11)10-3-1-7-2-4-10/h5,7-9H,1-4,6H2. The summed E-state index contributed by atoms with van der Waals surface area (Å²) in [4.78, 5) is 2.33. The minimum absolute atomic E-state index is 0.307. The van der Waals surface area contributed by atoms with Crippen molar-refractivity contribution in [3.8, 4) is 0 Å². The second-order valence-electron chi connectivity index (χ2n) is 2.79. The van der Waals surface area contributed by atoms with Gasteiger partial charge in [0.1, 0.15) is 0 Å². The minimum atomic E-state index is 0.307. The maximum absolute atomic E-state index is 5.20. The molecule has 2 fully saturated rings. The highest BCUT2D eigenvalue weighted by Crippen LogP contribution is 2.10. The van der Waals surface area contributed by atoms with Gasteiger partial charge in [-0.1, -0.05) is 0 Å². The lowest BCUT2D eigenvalue weighted by molar-refractivity contribution is 0.174. The van der Waals surface area contributed by atoms with E-state index in [1.165, 1.54) is 0 Å². The smallest absolute Gasteiger partial charge is 0.159 e. The van der Waals surface area contributed by atoms with Crippen molar-refractivity contribution in [3.63, 3.8) is 0 Å². The lowest BCUT2D eigenvalue weighted by Gasteiger charge is -2.25. The fourth-order valence-corrected chi connectivity index (χ4v) is 1.37. The van der Waals surface area contributed by atoms with Gasteiger partial charge in [-0.15, -0.1) is 5.12 Å². The molecule has 0 aromatic carbocycles. The van der Waals surface area contributed by atoms with Gasteiger partial charge in [0.2, 0.25) is 0 Å². The highest BCUT2D eigenvalue weighted by Gasteiger charge is 2.38. The summed E-state index contributed by atoms with van der Waals surface area (Å²) >= 11 is 0. The largest absolute Gasteiger partial charge is 0.314 e. The predicted octanol–water partition coefficient (Wildman–Crippen LogP) is -2.63. The summed E-state index contributed by atoms with van der Waals surface area (Å²) < 4.78 is 0. The van der Waals surface area contributed by atoms with Crippen LogP contribution in [-0.2, 0) is 0 Å². The molecule has 2 rings (SSSR count). The highest BCUT2D eigenvalue weighted by atomic mass is 16.0. The van der Waals surface area contributed by atoms with Gasteiger partial charge in [-0.3, -0.25) is 10.7 Å². The van der Waals surface area contributed by atoms with Crippen LogP contribution in [0.5, 0.6) is 0 Å². The molecule has 2 unspecified atom stereocenters. The first-order chi connectivity index (χ1) is 5.42. The molecule has 5 N–H and O–H groups in total. The highest BCUT2D eigenvalue weighted by molar-refractivity contribution is 4.79. The molecule has 2 heterocycles. The van der Waals surface area contributed by atoms with Crippen LogP contribution in [0.25, 0.3) is 0 Å². The summed E-state index contributed by atoms with van der Waals surface area (Å²) in [6.45, 7) is 4.29. The molecular formula is C5H14N6. The average Bonchev–Trinajstić information content (AvgIpc) is 2.85. The Morgan fingerprint density at radius 2 is 2.09 bits per heavy atom. The van der Waals surface area contributed by atoms with Gasteiger partial charge in [-0.25, -0.2) is 5.43 Å². The predicted molar refractivity (Wildman–Crippen MR) is 40.5 cm³/mol. The van der Waals surface area contributed by atoms with E-state index in [1.807, 2.05) is 0 Å². The van der Waals surface area contributed by atoms with Crippen molar-refractivity contribution in [2.45, 2.75) is 6.29 Å². The van der Waals surface area contributed by atoms with Crippen LogP contribution in [0.4, 0.5) is 0 Å². The van der Waals surface area contributed by atoms with Gasteiger partial charge in [0.05, 0.1) is 0 Å². The summed E-state index contributed by atoms with van der Waals surface area (Å²) in [7, 11) is 0. The molecule has 0 radical (unpaired) electrons. The van der Waals surface area contributed by atoms with Crippen LogP contribution in [-0.4, -0.2) is 42.5 Å². The molecule has 0 spiro atoms. The molecule has 0 amide bonds. The molecule has 0 aromatic rings. The average molecular weight is 158 g/mol. The number of hydrogen-bond acceptors (Lipinski definition) is 6. The van der Waals surface area contributed by atoms with E-state index in [0.29, 0.717) is 6.29 Å². The lowest BCUT2D eigenvalue weighted by atomic mass is 10.4. The monoisotopic (exact) mass is 158 g/mol. The molecular weight excluding hydrogens is 144 g/mol. The molecule has 2 aliphatic heterocycles. The molecule has 0 bridgehead atoms. The Morgan fingerprint density at radius 1 is 1.36 bits per heavy atom. The second kappa shape index (κ2) is 3.02. The van der Waals surface area contributed by atoms with Crippen molar-refractivity contribution < 1.29 is 0 Å². The Labute approximate surface area is 65.6 Å². The fourth-order valence-electron chi connectivity index (χ4n) is 1.37. The second-order valence-corrected chi connectivity index (χ2v) is 2.79. The van der Waals surface area contributed by atoms with Gasteiger partial charge >= 0.3 is 0 Å². The Morgan fingerprint density at radius 3 is 2.64 bits per heavy atom. The number of hydrogen-bond donors (Lipinski definition) is 4. The normalized spacial score (nSPS) is 39.0. The fraction of sp³-hybridized carbons (Fsp3) is 1.00. The van der Waals surface area contributed by atoms with Crippen LogP contribution in [0, 0.1) is 0 Å². The number of nitrogens with two attached hydrogens (primary N) is 1. The van der Waals surface area contributed by atoms with Crippen LogP contribution in [0.2, 0.25) is 0 Å². The maximum atomic E-state index is 5.20. The number of rotatable bonds is 2. The van der Waals surface area contributed by atoms with E-state index in [0.717, 1.165) is 26.2 Å². The summed E-state index contributed by atoms with van der Waals surface area (Å²) in [6.07, 6.45) is 0.307. The van der Waals surface area contributed by atoms with E-state index < -0.39 is 0 Å². The zero-order chi connectivity index (χ0) is 7.68. The molecule has 6 heteroatoms. The molecule has 2 saturated heterocycles. The summed E-state index contributed by atoms with van der Waals surface area (Å²) in [5.41, 5.74) is 5.63. The van der Waals surface area contributed by atoms with Gasteiger partial charge in [-0.05, 0) is 0 Å². The summed E-state index contributed by atoms with van der Waals surface area (Å²) in [5, 5.41) is 5.07. The van der Waals surface area contributed by atoms with Crippen LogP contribution >= 0.6 is 0 Å². The Hall–Kier alpha value is -0.240. The Kier molecular flexibility index (Phi) is 2.03. The third kappa shape index (κ3) is 1.51. The Bertz CT molecular complexity index is 133. The number of hydrazine groups is 3. The number of nitrogens with zero attached hydrogens (tertiary/aromatic N) is 2. The molecule has 2 atom stereocenters. The van der Waals surface area contributed by atoms with Crippen molar-refractivity contribution in [2.24, 2.45) is 5.84 Å². The zero-order valence-corrected chi connectivity index (χ0v) is 6.38. The van der Waals surface area contributed by atoms with E-state index in [2.05, 4.69) is 21.2 Å². The van der Waals surface area contributed by atoms with Gasteiger partial charge in [-0.2, -0.15) is 5.53 Å². The van der Waals surface area contributed by atoms with Crippen molar-refractivity contribution >= 4 is 0 Å². The maximum Gasteiger partial charge on any atom is 0.159 e. The minimum Gasteiger partial charge on any atom is -0.314 e. The lowest BCUT2D eigenvalue weighted by Crippen LogP contribution is -2.47. The van der Waals surface area contributed by atoms with Crippen molar-refractivity contribution in [1.82, 2.24) is 26.3 Å². The SMILES string of the molecule is NNN1NC1N1CCNCC1. The van der Waals surface area contributed by atoms with Crippen LogP contribution < -0.4 is 22.1 Å². The molecule has 0 aliphatic carbocycles. The first-order valence-electron chi connectivity index (χ1n) is 3.88. The van der Waals surface area contributed by atoms with Crippen LogP contribution in [0.1, 0.15) is 0 Å². The molecule has 0 saturated carbocycles. The molecule has 2 aliphatic rings. The van der Waals surface area contributed by atoms with Gasteiger partial charge < -0.3 is 5.32 Å². The van der Waals surface area contributed by atoms with Crippen molar-refractivity contribution in [3.05, 3.63) is 0 Å². The zero-order valence-electron chi connectivity index (χ0n) is 6.38. The summed E-state index contributed by atoms with van der Waals surface area (Å²) in [5.74, 6) is 5.20. The Balaban J connectivity index is 1.77.